The molecule has 0 amide bonds. The fourth-order valence-electron chi connectivity index (χ4n) is 3.93. The van der Waals surface area contributed by atoms with Crippen molar-refractivity contribution in [2.45, 2.75) is 6.54 Å². The Bertz CT molecular complexity index is 1280. The molecular weight excluding hydrogens is 455 g/mol. The summed E-state index contributed by atoms with van der Waals surface area (Å²) < 4.78 is 44.9. The van der Waals surface area contributed by atoms with E-state index in [1.165, 1.54) is 16.7 Å². The van der Waals surface area contributed by atoms with Crippen molar-refractivity contribution in [2.75, 3.05) is 37.8 Å². The average Bonchev–Trinajstić information content (AvgIpc) is 2.81. The molecule has 1 aliphatic heterocycles. The van der Waals surface area contributed by atoms with Crippen LogP contribution in [0.5, 0.6) is 0 Å². The Morgan fingerprint density at radius 1 is 1.15 bits per heavy atom. The number of carbonyl (C=O) groups is 1. The zero-order chi connectivity index (χ0) is 23.5. The summed E-state index contributed by atoms with van der Waals surface area (Å²) in [7, 11) is 0. The molecule has 9 heteroatoms. The number of fused-ring (bicyclic) bond motifs is 1. The molecular formula is C24H21ClF3N3O2. The van der Waals surface area contributed by atoms with Crippen LogP contribution in [0.25, 0.3) is 17.0 Å². The molecule has 4 rings (SSSR count). The van der Waals surface area contributed by atoms with E-state index in [2.05, 4.69) is 5.32 Å². The van der Waals surface area contributed by atoms with Gasteiger partial charge in [0.2, 0.25) is 5.43 Å². The van der Waals surface area contributed by atoms with E-state index in [0.29, 0.717) is 36.8 Å². The lowest BCUT2D eigenvalue weighted by Gasteiger charge is -2.30. The second-order valence-corrected chi connectivity index (χ2v) is 8.09. The monoisotopic (exact) mass is 475 g/mol. The average molecular weight is 476 g/mol. The van der Waals surface area contributed by atoms with Crippen molar-refractivity contribution < 1.29 is 18.0 Å². The number of benzene rings is 2. The molecule has 172 valence electrons. The molecule has 0 unspecified atom stereocenters. The Balaban J connectivity index is 1.82. The predicted molar refractivity (Wildman–Crippen MR) is 124 cm³/mol. The zero-order valence-electron chi connectivity index (χ0n) is 17.6. The molecule has 1 aliphatic rings. The Labute approximate surface area is 193 Å². The first-order valence-electron chi connectivity index (χ1n) is 10.5. The van der Waals surface area contributed by atoms with Crippen LogP contribution >= 0.6 is 11.6 Å². The second-order valence-electron chi connectivity index (χ2n) is 7.66. The predicted octanol–water partition coefficient (Wildman–Crippen LogP) is 4.21. The van der Waals surface area contributed by atoms with E-state index in [1.54, 1.807) is 29.2 Å². The highest BCUT2D eigenvalue weighted by atomic mass is 35.5. The number of allylic oxidation sites excluding steroid dienone is 1. The number of hydrogen-bond acceptors (Lipinski definition) is 4. The van der Waals surface area contributed by atoms with Crippen molar-refractivity contribution in [2.24, 2.45) is 0 Å². The lowest BCUT2D eigenvalue weighted by Crippen LogP contribution is -2.44. The first-order chi connectivity index (χ1) is 15.9. The standard InChI is InChI=1S/C24H21ClF3N3O2/c25-16-4-1-15(2-5-16)3-6-20(32)18-14-31(10-7-26)22-17(24(18)33)13-19(27)23(21(22)28)30-11-8-29-9-12-30/h1-6,13-14,29H,7-12H2/b6-3+. The topological polar surface area (TPSA) is 54.3 Å². The highest BCUT2D eigenvalue weighted by Crippen LogP contribution is 2.30. The molecule has 2 heterocycles. The lowest BCUT2D eigenvalue weighted by atomic mass is 10.0. The molecule has 5 nitrogen and oxygen atoms in total. The normalized spacial score (nSPS) is 14.4. The number of ketones is 1. The van der Waals surface area contributed by atoms with Gasteiger partial charge in [-0.15, -0.1) is 0 Å². The number of piperazine rings is 1. The van der Waals surface area contributed by atoms with Gasteiger partial charge in [0.25, 0.3) is 0 Å². The van der Waals surface area contributed by atoms with Gasteiger partial charge in [0.05, 0.1) is 23.0 Å². The number of anilines is 1. The van der Waals surface area contributed by atoms with Gasteiger partial charge >= 0.3 is 0 Å². The van der Waals surface area contributed by atoms with Gasteiger partial charge in [-0.1, -0.05) is 29.8 Å². The fraction of sp³-hybridized carbons (Fsp3) is 0.250. The van der Waals surface area contributed by atoms with Crippen LogP contribution < -0.4 is 15.6 Å². The van der Waals surface area contributed by atoms with E-state index in [-0.39, 0.29) is 28.7 Å². The van der Waals surface area contributed by atoms with Crippen molar-refractivity contribution in [3.63, 3.8) is 0 Å². The smallest absolute Gasteiger partial charge is 0.200 e. The Morgan fingerprint density at radius 2 is 1.85 bits per heavy atom. The number of alkyl halides is 1. The maximum Gasteiger partial charge on any atom is 0.200 e. The minimum Gasteiger partial charge on any atom is -0.364 e. The van der Waals surface area contributed by atoms with Crippen LogP contribution in [0.3, 0.4) is 0 Å². The Kier molecular flexibility index (Phi) is 6.85. The Hall–Kier alpha value is -3.10. The molecule has 0 aliphatic carbocycles. The number of aromatic nitrogens is 1. The summed E-state index contributed by atoms with van der Waals surface area (Å²) in [5, 5.41) is 3.34. The van der Waals surface area contributed by atoms with Gasteiger partial charge in [-0.3, -0.25) is 9.59 Å². The summed E-state index contributed by atoms with van der Waals surface area (Å²) in [4.78, 5) is 27.4. The second kappa shape index (κ2) is 9.80. The molecule has 0 bridgehead atoms. The van der Waals surface area contributed by atoms with Crippen molar-refractivity contribution in [1.82, 2.24) is 9.88 Å². The number of nitrogens with one attached hydrogen (secondary N) is 1. The van der Waals surface area contributed by atoms with Gasteiger partial charge in [0.1, 0.15) is 18.2 Å². The third-order valence-corrected chi connectivity index (χ3v) is 5.80. The highest BCUT2D eigenvalue weighted by molar-refractivity contribution is 6.30. The summed E-state index contributed by atoms with van der Waals surface area (Å²) in [6.07, 6.45) is 3.82. The summed E-state index contributed by atoms with van der Waals surface area (Å²) in [6, 6.07) is 7.62. The number of nitrogens with zero attached hydrogens (tertiary/aromatic N) is 2. The maximum absolute atomic E-state index is 15.5. The summed E-state index contributed by atoms with van der Waals surface area (Å²) in [5.74, 6) is -2.49. The molecule has 0 atom stereocenters. The van der Waals surface area contributed by atoms with E-state index in [4.69, 9.17) is 11.6 Å². The SMILES string of the molecule is O=C(/C=C/c1ccc(Cl)cc1)c1cn(CCF)c2c(F)c(N3CCNCC3)c(F)cc2c1=O. The number of hydrogen-bond donors (Lipinski definition) is 1. The van der Waals surface area contributed by atoms with Crippen LogP contribution in [0.1, 0.15) is 15.9 Å². The van der Waals surface area contributed by atoms with E-state index in [0.717, 1.165) is 12.3 Å². The molecule has 1 saturated heterocycles. The van der Waals surface area contributed by atoms with Crippen molar-refractivity contribution in [3.05, 3.63) is 80.6 Å². The Morgan fingerprint density at radius 3 is 2.52 bits per heavy atom. The number of aryl methyl sites for hydroxylation is 1. The molecule has 2 aromatic carbocycles. The van der Waals surface area contributed by atoms with Crippen LogP contribution in [-0.4, -0.2) is 43.2 Å². The highest BCUT2D eigenvalue weighted by Gasteiger charge is 2.25. The number of pyridine rings is 1. The molecule has 33 heavy (non-hydrogen) atoms. The van der Waals surface area contributed by atoms with Gasteiger partial charge in [-0.2, -0.15) is 0 Å². The third kappa shape index (κ3) is 4.67. The number of halogens is 4. The van der Waals surface area contributed by atoms with Gasteiger partial charge in [-0.25, -0.2) is 13.2 Å². The third-order valence-electron chi connectivity index (χ3n) is 5.55. The van der Waals surface area contributed by atoms with E-state index in [1.807, 2.05) is 0 Å². The molecule has 1 fully saturated rings. The van der Waals surface area contributed by atoms with Crippen LogP contribution in [-0.2, 0) is 6.54 Å². The molecule has 3 aromatic rings. The quantitative estimate of drug-likeness (QED) is 0.429. The maximum atomic E-state index is 15.5. The molecule has 0 saturated carbocycles. The molecule has 0 spiro atoms. The minimum absolute atomic E-state index is 0.217. The molecule has 1 N–H and O–H groups in total. The van der Waals surface area contributed by atoms with Crippen LogP contribution in [0, 0.1) is 11.6 Å². The zero-order valence-corrected chi connectivity index (χ0v) is 18.3. The summed E-state index contributed by atoms with van der Waals surface area (Å²) in [6.45, 7) is 0.744. The van der Waals surface area contributed by atoms with Gasteiger partial charge in [0, 0.05) is 37.4 Å². The van der Waals surface area contributed by atoms with Crippen LogP contribution in [0.4, 0.5) is 18.9 Å². The summed E-state index contributed by atoms with van der Waals surface area (Å²) in [5.41, 5.74) is -0.899. The van der Waals surface area contributed by atoms with Gasteiger partial charge < -0.3 is 14.8 Å². The first-order valence-corrected chi connectivity index (χ1v) is 10.8. The van der Waals surface area contributed by atoms with Crippen LogP contribution in [0.2, 0.25) is 5.02 Å². The molecule has 0 radical (unpaired) electrons. The first kappa shape index (κ1) is 23.1. The van der Waals surface area contributed by atoms with Crippen molar-refractivity contribution in [1.29, 1.82) is 0 Å². The lowest BCUT2D eigenvalue weighted by molar-refractivity contribution is 0.104. The van der Waals surface area contributed by atoms with Gasteiger partial charge in [0.15, 0.2) is 11.6 Å². The summed E-state index contributed by atoms with van der Waals surface area (Å²) >= 11 is 5.85. The van der Waals surface area contributed by atoms with E-state index < -0.39 is 29.5 Å². The van der Waals surface area contributed by atoms with E-state index in [9.17, 15) is 18.4 Å². The van der Waals surface area contributed by atoms with Crippen molar-refractivity contribution in [3.8, 4) is 0 Å². The number of carbonyl (C=O) groups excluding carboxylic acids is 1. The fourth-order valence-corrected chi connectivity index (χ4v) is 4.06. The molecule has 1 aromatic heterocycles. The van der Waals surface area contributed by atoms with E-state index >= 15 is 4.39 Å². The minimum atomic E-state index is -0.937. The van der Waals surface area contributed by atoms with Gasteiger partial charge in [-0.05, 0) is 29.8 Å². The van der Waals surface area contributed by atoms with Crippen LogP contribution in [0.15, 0.2) is 47.4 Å². The largest absolute Gasteiger partial charge is 0.364 e. The number of rotatable bonds is 6. The van der Waals surface area contributed by atoms with Crippen molar-refractivity contribution >= 4 is 40.1 Å².